The largest absolute Gasteiger partial charge is 0.490 e. The van der Waals surface area contributed by atoms with Crippen LogP contribution in [-0.2, 0) is 9.53 Å². The molecule has 1 aromatic carbocycles. The van der Waals surface area contributed by atoms with Gasteiger partial charge in [-0.05, 0) is 25.0 Å². The van der Waals surface area contributed by atoms with Crippen LogP contribution in [0.1, 0.15) is 19.3 Å². The van der Waals surface area contributed by atoms with Crippen LogP contribution in [0.3, 0.4) is 0 Å². The van der Waals surface area contributed by atoms with E-state index in [1.807, 2.05) is 0 Å². The van der Waals surface area contributed by atoms with E-state index >= 15 is 0 Å². The molecule has 0 bridgehead atoms. The van der Waals surface area contributed by atoms with Gasteiger partial charge in [0.05, 0.1) is 6.54 Å². The SMILES string of the molecule is COCC(=O)N1CCN(C2CCC2)C[C@@](O)(COc2ccc(F)c(F)c2)C1. The number of hydrogen-bond acceptors (Lipinski definition) is 5. The quantitative estimate of drug-likeness (QED) is 0.804. The van der Waals surface area contributed by atoms with Gasteiger partial charge in [-0.3, -0.25) is 9.69 Å². The summed E-state index contributed by atoms with van der Waals surface area (Å²) < 4.78 is 37.0. The fourth-order valence-corrected chi connectivity index (χ4v) is 3.56. The van der Waals surface area contributed by atoms with Gasteiger partial charge in [0.1, 0.15) is 24.6 Å². The molecule has 3 rings (SSSR count). The van der Waals surface area contributed by atoms with Crippen LogP contribution >= 0.6 is 0 Å². The molecule has 8 heteroatoms. The number of rotatable bonds is 6. The van der Waals surface area contributed by atoms with E-state index in [1.54, 1.807) is 4.90 Å². The number of carbonyl (C=O) groups excluding carboxylic acids is 1. The molecule has 0 spiro atoms. The van der Waals surface area contributed by atoms with Crippen LogP contribution in [0.5, 0.6) is 5.75 Å². The molecule has 1 heterocycles. The van der Waals surface area contributed by atoms with Crippen molar-refractivity contribution in [3.8, 4) is 5.75 Å². The first-order valence-electron chi connectivity index (χ1n) is 9.21. The molecule has 1 saturated heterocycles. The summed E-state index contributed by atoms with van der Waals surface area (Å²) in [7, 11) is 1.45. The third kappa shape index (κ3) is 4.94. The first-order valence-corrected chi connectivity index (χ1v) is 9.21. The van der Waals surface area contributed by atoms with E-state index < -0.39 is 17.2 Å². The van der Waals surface area contributed by atoms with Crippen molar-refractivity contribution in [3.05, 3.63) is 29.8 Å². The molecule has 0 unspecified atom stereocenters. The molecule has 6 nitrogen and oxygen atoms in total. The highest BCUT2D eigenvalue weighted by molar-refractivity contribution is 5.77. The zero-order chi connectivity index (χ0) is 19.4. The van der Waals surface area contributed by atoms with E-state index in [2.05, 4.69) is 4.90 Å². The average Bonchev–Trinajstić information content (AvgIpc) is 2.74. The van der Waals surface area contributed by atoms with Crippen LogP contribution in [0.4, 0.5) is 8.78 Å². The molecule has 27 heavy (non-hydrogen) atoms. The Bertz CT molecular complexity index is 671. The summed E-state index contributed by atoms with van der Waals surface area (Å²) in [6, 6.07) is 3.65. The maximum Gasteiger partial charge on any atom is 0.248 e. The van der Waals surface area contributed by atoms with Gasteiger partial charge in [0, 0.05) is 38.9 Å². The molecular weight excluding hydrogens is 358 g/mol. The highest BCUT2D eigenvalue weighted by atomic mass is 19.2. The zero-order valence-corrected chi connectivity index (χ0v) is 15.5. The highest BCUT2D eigenvalue weighted by Gasteiger charge is 2.40. The van der Waals surface area contributed by atoms with Crippen LogP contribution in [0.25, 0.3) is 0 Å². The number of carbonyl (C=O) groups is 1. The molecule has 1 amide bonds. The van der Waals surface area contributed by atoms with Gasteiger partial charge in [-0.2, -0.15) is 0 Å². The standard InChI is InChI=1S/C19H26F2N2O4/c1-26-10-18(24)23-8-7-22(14-3-2-4-14)11-19(25,12-23)13-27-15-5-6-16(20)17(21)9-15/h5-6,9,14,25H,2-4,7-8,10-13H2,1H3/t19-/m0/s1. The number of amides is 1. The topological polar surface area (TPSA) is 62.2 Å². The van der Waals surface area contributed by atoms with Gasteiger partial charge in [-0.1, -0.05) is 6.42 Å². The first-order chi connectivity index (χ1) is 12.9. The average molecular weight is 384 g/mol. The summed E-state index contributed by atoms with van der Waals surface area (Å²) in [5.74, 6) is -2.02. The van der Waals surface area contributed by atoms with Crippen LogP contribution in [-0.4, -0.2) is 79.0 Å². The summed E-state index contributed by atoms with van der Waals surface area (Å²) in [5, 5.41) is 11.2. The van der Waals surface area contributed by atoms with Crippen LogP contribution in [0.15, 0.2) is 18.2 Å². The van der Waals surface area contributed by atoms with Crippen molar-refractivity contribution >= 4 is 5.91 Å². The van der Waals surface area contributed by atoms with E-state index in [0.717, 1.165) is 31.4 Å². The normalized spacial score (nSPS) is 24.4. The Morgan fingerprint density at radius 1 is 1.26 bits per heavy atom. The van der Waals surface area contributed by atoms with Crippen molar-refractivity contribution < 1.29 is 28.2 Å². The smallest absolute Gasteiger partial charge is 0.248 e. The number of ether oxygens (including phenoxy) is 2. The Morgan fingerprint density at radius 3 is 2.67 bits per heavy atom. The number of benzene rings is 1. The van der Waals surface area contributed by atoms with Crippen molar-refractivity contribution in [1.29, 1.82) is 0 Å². The number of hydrogen-bond donors (Lipinski definition) is 1. The van der Waals surface area contributed by atoms with E-state index in [4.69, 9.17) is 9.47 Å². The maximum atomic E-state index is 13.4. The third-order valence-electron chi connectivity index (χ3n) is 5.25. The van der Waals surface area contributed by atoms with E-state index in [0.29, 0.717) is 25.7 Å². The summed E-state index contributed by atoms with van der Waals surface area (Å²) >= 11 is 0. The lowest BCUT2D eigenvalue weighted by Crippen LogP contribution is -2.54. The van der Waals surface area contributed by atoms with Gasteiger partial charge in [-0.15, -0.1) is 0 Å². The summed E-state index contributed by atoms with van der Waals surface area (Å²) in [6.45, 7) is 1.46. The van der Waals surface area contributed by atoms with Gasteiger partial charge in [0.15, 0.2) is 11.6 Å². The van der Waals surface area contributed by atoms with Crippen molar-refractivity contribution in [2.75, 3.05) is 46.5 Å². The van der Waals surface area contributed by atoms with Crippen molar-refractivity contribution in [3.63, 3.8) is 0 Å². The Morgan fingerprint density at radius 2 is 2.04 bits per heavy atom. The minimum Gasteiger partial charge on any atom is -0.490 e. The molecule has 1 aliphatic heterocycles. The van der Waals surface area contributed by atoms with E-state index in [9.17, 15) is 18.7 Å². The van der Waals surface area contributed by atoms with Crippen molar-refractivity contribution in [2.24, 2.45) is 0 Å². The van der Waals surface area contributed by atoms with E-state index in [1.165, 1.54) is 13.2 Å². The lowest BCUT2D eigenvalue weighted by Gasteiger charge is -2.40. The second-order valence-corrected chi connectivity index (χ2v) is 7.39. The minimum atomic E-state index is -1.32. The molecule has 1 aliphatic carbocycles. The first kappa shape index (κ1) is 20.0. The van der Waals surface area contributed by atoms with Gasteiger partial charge < -0.3 is 19.5 Å². The molecule has 1 N–H and O–H groups in total. The molecular formula is C19H26F2N2O4. The second kappa shape index (κ2) is 8.50. The predicted molar refractivity (Wildman–Crippen MR) is 94.5 cm³/mol. The summed E-state index contributed by atoms with van der Waals surface area (Å²) in [6.07, 6.45) is 3.32. The molecule has 1 saturated carbocycles. The lowest BCUT2D eigenvalue weighted by atomic mass is 9.90. The summed E-state index contributed by atoms with van der Waals surface area (Å²) in [5.41, 5.74) is -1.32. The third-order valence-corrected chi connectivity index (χ3v) is 5.25. The molecule has 2 aliphatic rings. The number of halogens is 2. The molecule has 150 valence electrons. The molecule has 0 aromatic heterocycles. The number of β-amino-alcohol motifs (C(OH)–C–C–N with tert-alkyl or cyclic N) is 1. The second-order valence-electron chi connectivity index (χ2n) is 7.39. The molecule has 1 aromatic rings. The van der Waals surface area contributed by atoms with Crippen LogP contribution in [0.2, 0.25) is 0 Å². The monoisotopic (exact) mass is 384 g/mol. The predicted octanol–water partition coefficient (Wildman–Crippen LogP) is 1.42. The Hall–Kier alpha value is -1.77. The fraction of sp³-hybridized carbons (Fsp3) is 0.632. The summed E-state index contributed by atoms with van der Waals surface area (Å²) in [4.78, 5) is 16.1. The Balaban J connectivity index is 1.72. The number of aliphatic hydroxyl groups is 1. The molecule has 2 fully saturated rings. The number of methoxy groups -OCH3 is 1. The lowest BCUT2D eigenvalue weighted by molar-refractivity contribution is -0.138. The van der Waals surface area contributed by atoms with Gasteiger partial charge in [0.2, 0.25) is 5.91 Å². The van der Waals surface area contributed by atoms with Crippen molar-refractivity contribution in [2.45, 2.75) is 30.9 Å². The van der Waals surface area contributed by atoms with Gasteiger partial charge in [-0.25, -0.2) is 8.78 Å². The molecule has 0 radical (unpaired) electrons. The van der Waals surface area contributed by atoms with Crippen LogP contribution in [0, 0.1) is 11.6 Å². The molecule has 1 atom stereocenters. The zero-order valence-electron chi connectivity index (χ0n) is 15.5. The highest BCUT2D eigenvalue weighted by Crippen LogP contribution is 2.28. The van der Waals surface area contributed by atoms with Gasteiger partial charge >= 0.3 is 0 Å². The van der Waals surface area contributed by atoms with Crippen molar-refractivity contribution in [1.82, 2.24) is 9.80 Å². The Kier molecular flexibility index (Phi) is 6.29. The van der Waals surface area contributed by atoms with Crippen LogP contribution < -0.4 is 4.74 Å². The van der Waals surface area contributed by atoms with E-state index in [-0.39, 0.29) is 31.4 Å². The maximum absolute atomic E-state index is 13.4. The Labute approximate surface area is 157 Å². The minimum absolute atomic E-state index is 0.0520. The van der Waals surface area contributed by atoms with Gasteiger partial charge in [0.25, 0.3) is 0 Å². The number of nitrogens with zero attached hydrogens (tertiary/aromatic N) is 2. The fourth-order valence-electron chi connectivity index (χ4n) is 3.56.